The van der Waals surface area contributed by atoms with E-state index in [0.29, 0.717) is 24.7 Å². The lowest BCUT2D eigenvalue weighted by molar-refractivity contribution is -0.136. The Labute approximate surface area is 325 Å². The predicted octanol–water partition coefficient (Wildman–Crippen LogP) is 5.62. The highest BCUT2D eigenvalue weighted by molar-refractivity contribution is 5.87. The predicted molar refractivity (Wildman–Crippen MR) is 207 cm³/mol. The first-order chi connectivity index (χ1) is 26.9. The van der Waals surface area contributed by atoms with Gasteiger partial charge in [-0.25, -0.2) is 19.6 Å². The van der Waals surface area contributed by atoms with Crippen molar-refractivity contribution in [1.82, 2.24) is 40.4 Å². The number of carbonyl (C=O) groups excluding carboxylic acids is 4. The minimum absolute atomic E-state index is 0.132. The molecule has 0 bridgehead atoms. The molecular weight excluding hydrogens is 716 g/mol. The molecule has 56 heavy (non-hydrogen) atoms. The molecule has 3 aliphatic rings. The molecule has 2 aromatic heterocycles. The van der Waals surface area contributed by atoms with Gasteiger partial charge in [0.1, 0.15) is 29.8 Å². The molecule has 2 saturated heterocycles. The molecule has 5 N–H and O–H groups in total. The highest BCUT2D eigenvalue weighted by Crippen LogP contribution is 2.46. The summed E-state index contributed by atoms with van der Waals surface area (Å²) in [7, 11) is 2.56. The third-order valence-electron chi connectivity index (χ3n) is 11.3. The number of alkyl carbamates (subject to hydrolysis) is 2. The van der Waals surface area contributed by atoms with Gasteiger partial charge in [-0.1, -0.05) is 52.0 Å². The van der Waals surface area contributed by atoms with Crippen LogP contribution in [0.3, 0.4) is 0 Å². The van der Waals surface area contributed by atoms with Crippen LogP contribution < -0.4 is 10.6 Å². The molecule has 2 aromatic carbocycles. The zero-order valence-corrected chi connectivity index (χ0v) is 32.6. The first kappa shape index (κ1) is 38.6. The van der Waals surface area contributed by atoms with Crippen LogP contribution in [0.5, 0.6) is 0 Å². The molecule has 1 aliphatic carbocycles. The molecule has 0 saturated carbocycles. The molecule has 4 amide bonds. The fraction of sp³-hybridized carbons (Fsp3) is 0.463. The van der Waals surface area contributed by atoms with E-state index in [-0.39, 0.29) is 35.7 Å². The number of aromatic amines is 2. The van der Waals surface area contributed by atoms with Crippen LogP contribution in [0.2, 0.25) is 0 Å². The zero-order valence-electron chi connectivity index (χ0n) is 32.6. The Morgan fingerprint density at radius 2 is 1.12 bits per heavy atom. The third kappa shape index (κ3) is 7.22. The smallest absolute Gasteiger partial charge is 0.407 e. The molecular formula is C41H50N8O7. The standard InChI is InChI=1S/C41H50N8O7/c1-21(2)33(46-40(53)55-5)38(51)48-15-7-9-31(48)36-42-19-29(44-36)23-11-13-25-26-14-12-24(18-28(26)35(50)27(25)17-23)30-20-43-37(45-30)32-10-8-16-49(32)39(52)34(22(3)4)47-41(54)56-6/h11-14,17-22,31-35,50H,7-10,15-16H2,1-6H3,(H,42,44)(H,43,45)(H,46,53)(H,47,54)/t31-,32?,33-,34-,35?/m0/s1. The van der Waals surface area contributed by atoms with E-state index in [1.165, 1.54) is 14.2 Å². The van der Waals surface area contributed by atoms with Crippen LogP contribution in [0.25, 0.3) is 33.6 Å². The number of methoxy groups -OCH3 is 2. The molecule has 0 spiro atoms. The fourth-order valence-corrected chi connectivity index (χ4v) is 8.26. The lowest BCUT2D eigenvalue weighted by Crippen LogP contribution is -2.51. The second-order valence-electron chi connectivity index (χ2n) is 15.5. The Morgan fingerprint density at radius 1 is 0.714 bits per heavy atom. The van der Waals surface area contributed by atoms with Gasteiger partial charge < -0.3 is 45.0 Å². The summed E-state index contributed by atoms with van der Waals surface area (Å²) in [5.41, 5.74) is 6.69. The number of carbonyl (C=O) groups is 4. The first-order valence-electron chi connectivity index (χ1n) is 19.3. The average Bonchev–Trinajstić information content (AvgIpc) is 4.05. The molecule has 2 aliphatic heterocycles. The second kappa shape index (κ2) is 15.8. The molecule has 4 aromatic rings. The number of aliphatic hydroxyl groups excluding tert-OH is 1. The number of hydrogen-bond donors (Lipinski definition) is 5. The maximum atomic E-state index is 13.6. The highest BCUT2D eigenvalue weighted by atomic mass is 16.5. The van der Waals surface area contributed by atoms with Crippen LogP contribution in [0.15, 0.2) is 48.8 Å². The number of H-pyrrole nitrogens is 2. The summed E-state index contributed by atoms with van der Waals surface area (Å²) in [5, 5.41) is 17.0. The summed E-state index contributed by atoms with van der Waals surface area (Å²) >= 11 is 0. The monoisotopic (exact) mass is 766 g/mol. The van der Waals surface area contributed by atoms with Crippen molar-refractivity contribution in [2.75, 3.05) is 27.3 Å². The normalized spacial score (nSPS) is 19.8. The minimum Gasteiger partial charge on any atom is -0.453 e. The number of likely N-dealkylation sites (tertiary alicyclic amines) is 2. The van der Waals surface area contributed by atoms with Crippen molar-refractivity contribution in [2.45, 2.75) is 83.6 Å². The van der Waals surface area contributed by atoms with E-state index in [1.807, 2.05) is 64.1 Å². The largest absolute Gasteiger partial charge is 0.453 e. The molecule has 15 nitrogen and oxygen atoms in total. The molecule has 296 valence electrons. The summed E-state index contributed by atoms with van der Waals surface area (Å²) in [6.45, 7) is 8.66. The Morgan fingerprint density at radius 3 is 1.50 bits per heavy atom. The quantitative estimate of drug-likeness (QED) is 0.136. The van der Waals surface area contributed by atoms with Crippen LogP contribution >= 0.6 is 0 Å². The Kier molecular flexibility index (Phi) is 10.9. The van der Waals surface area contributed by atoms with E-state index in [1.54, 1.807) is 22.2 Å². The molecule has 4 heterocycles. The summed E-state index contributed by atoms with van der Waals surface area (Å²) in [6.07, 6.45) is 4.47. The van der Waals surface area contributed by atoms with Gasteiger partial charge in [0.15, 0.2) is 0 Å². The van der Waals surface area contributed by atoms with Crippen LogP contribution in [0.1, 0.15) is 94.3 Å². The second-order valence-corrected chi connectivity index (χ2v) is 15.5. The topological polar surface area (TPSA) is 195 Å². The van der Waals surface area contributed by atoms with Crippen molar-refractivity contribution in [1.29, 1.82) is 0 Å². The van der Waals surface area contributed by atoms with Crippen molar-refractivity contribution < 1.29 is 33.8 Å². The molecule has 0 radical (unpaired) electrons. The Bertz CT molecular complexity index is 1980. The summed E-state index contributed by atoms with van der Waals surface area (Å²) in [4.78, 5) is 71.0. The Balaban J connectivity index is 1.07. The number of rotatable bonds is 10. The van der Waals surface area contributed by atoms with Crippen LogP contribution in [0, 0.1) is 11.8 Å². The third-order valence-corrected chi connectivity index (χ3v) is 11.3. The lowest BCUT2D eigenvalue weighted by atomic mass is 10.0. The summed E-state index contributed by atoms with van der Waals surface area (Å²) in [5.74, 6) is 0.730. The summed E-state index contributed by atoms with van der Waals surface area (Å²) in [6, 6.07) is 10.0. The number of benzene rings is 2. The molecule has 2 fully saturated rings. The number of imidazole rings is 2. The van der Waals surface area contributed by atoms with Crippen molar-refractivity contribution in [3.63, 3.8) is 0 Å². The van der Waals surface area contributed by atoms with Gasteiger partial charge in [-0.2, -0.15) is 0 Å². The number of aromatic nitrogens is 4. The van der Waals surface area contributed by atoms with E-state index in [2.05, 4.69) is 30.6 Å². The maximum Gasteiger partial charge on any atom is 0.407 e. The van der Waals surface area contributed by atoms with Crippen molar-refractivity contribution >= 4 is 24.0 Å². The van der Waals surface area contributed by atoms with Crippen molar-refractivity contribution in [3.8, 4) is 33.6 Å². The van der Waals surface area contributed by atoms with Gasteiger partial charge in [0.05, 0.1) is 50.1 Å². The summed E-state index contributed by atoms with van der Waals surface area (Å²) < 4.78 is 9.52. The van der Waals surface area contributed by atoms with Crippen LogP contribution in [-0.4, -0.2) is 98.2 Å². The lowest BCUT2D eigenvalue weighted by Gasteiger charge is -2.30. The van der Waals surface area contributed by atoms with E-state index in [0.717, 1.165) is 70.5 Å². The van der Waals surface area contributed by atoms with Gasteiger partial charge in [0, 0.05) is 13.1 Å². The van der Waals surface area contributed by atoms with Gasteiger partial charge in [0.2, 0.25) is 11.8 Å². The maximum absolute atomic E-state index is 13.6. The number of hydrogen-bond acceptors (Lipinski definition) is 9. The number of fused-ring (bicyclic) bond motifs is 3. The molecule has 7 rings (SSSR count). The zero-order chi connectivity index (χ0) is 39.8. The Hall–Kier alpha value is -5.70. The minimum atomic E-state index is -0.860. The van der Waals surface area contributed by atoms with Gasteiger partial charge in [-0.15, -0.1) is 0 Å². The van der Waals surface area contributed by atoms with E-state index >= 15 is 0 Å². The van der Waals surface area contributed by atoms with Crippen molar-refractivity contribution in [3.05, 3.63) is 71.6 Å². The SMILES string of the molecule is COC(=O)N[C@H](C(=O)N1CCCC1c1ncc(-c2ccc3c(c2)C(O)c2cc(-c4cnc([C@@H]5CCCN5C(=O)[C@@H](NC(=O)OC)C(C)C)[nH]4)ccc2-3)[nH]1)C(C)C. The van der Waals surface area contributed by atoms with Crippen LogP contribution in [0.4, 0.5) is 9.59 Å². The first-order valence-corrected chi connectivity index (χ1v) is 19.3. The van der Waals surface area contributed by atoms with Crippen LogP contribution in [-0.2, 0) is 19.1 Å². The molecule has 15 heteroatoms. The molecule has 2 unspecified atom stereocenters. The van der Waals surface area contributed by atoms with Gasteiger partial charge in [0.25, 0.3) is 0 Å². The average molecular weight is 767 g/mol. The fourth-order valence-electron chi connectivity index (χ4n) is 8.26. The number of nitrogens with one attached hydrogen (secondary N) is 4. The highest BCUT2D eigenvalue weighted by Gasteiger charge is 2.39. The van der Waals surface area contributed by atoms with Crippen molar-refractivity contribution in [2.24, 2.45) is 11.8 Å². The number of nitrogens with zero attached hydrogens (tertiary/aromatic N) is 4. The van der Waals surface area contributed by atoms with E-state index < -0.39 is 30.4 Å². The number of amides is 4. The number of ether oxygens (including phenoxy) is 2. The van der Waals surface area contributed by atoms with Gasteiger partial charge in [-0.05, 0) is 83.0 Å². The van der Waals surface area contributed by atoms with Gasteiger partial charge >= 0.3 is 12.2 Å². The molecule has 5 atom stereocenters. The van der Waals surface area contributed by atoms with E-state index in [9.17, 15) is 24.3 Å². The van der Waals surface area contributed by atoms with Gasteiger partial charge in [-0.3, -0.25) is 9.59 Å². The van der Waals surface area contributed by atoms with E-state index in [4.69, 9.17) is 9.47 Å². The number of aliphatic hydroxyl groups is 1.